The molecule has 2 aromatic rings. The van der Waals surface area contributed by atoms with Crippen LogP contribution in [0.1, 0.15) is 31.4 Å². The summed E-state index contributed by atoms with van der Waals surface area (Å²) in [6.45, 7) is 3.51. The second-order valence-electron chi connectivity index (χ2n) is 7.01. The van der Waals surface area contributed by atoms with E-state index in [4.69, 9.17) is 21.1 Å². The standard InChI is InChI=1S/C21H23ClN2O3/c1-14(17-4-2-3-5-18(17)22)24(16-7-8-16)13-21(25)23-15-6-9-19-20(12-15)27-11-10-26-19/h2-6,9,12,14,16H,7-8,10-11,13H2,1H3,(H,23,25)/t14-/m1/s1. The molecule has 6 heteroatoms. The van der Waals surface area contributed by atoms with Gasteiger partial charge in [-0.05, 0) is 43.5 Å². The van der Waals surface area contributed by atoms with Gasteiger partial charge in [-0.15, -0.1) is 0 Å². The van der Waals surface area contributed by atoms with Gasteiger partial charge in [0.1, 0.15) is 13.2 Å². The van der Waals surface area contributed by atoms with Crippen molar-refractivity contribution < 1.29 is 14.3 Å². The van der Waals surface area contributed by atoms with Gasteiger partial charge in [-0.1, -0.05) is 29.8 Å². The zero-order chi connectivity index (χ0) is 18.8. The van der Waals surface area contributed by atoms with E-state index < -0.39 is 0 Å². The number of anilines is 1. The van der Waals surface area contributed by atoms with Crippen molar-refractivity contribution in [1.29, 1.82) is 0 Å². The second kappa shape index (κ2) is 7.79. The van der Waals surface area contributed by atoms with Crippen LogP contribution >= 0.6 is 11.6 Å². The first-order valence-electron chi connectivity index (χ1n) is 9.31. The molecule has 0 aromatic heterocycles. The zero-order valence-electron chi connectivity index (χ0n) is 15.3. The van der Waals surface area contributed by atoms with Crippen molar-refractivity contribution in [3.63, 3.8) is 0 Å². The molecule has 1 aliphatic carbocycles. The van der Waals surface area contributed by atoms with Gasteiger partial charge < -0.3 is 14.8 Å². The molecule has 0 bridgehead atoms. The van der Waals surface area contributed by atoms with Gasteiger partial charge >= 0.3 is 0 Å². The predicted octanol–water partition coefficient (Wildman–Crippen LogP) is 4.28. The first-order valence-corrected chi connectivity index (χ1v) is 9.69. The number of hydrogen-bond donors (Lipinski definition) is 1. The topological polar surface area (TPSA) is 50.8 Å². The fraction of sp³-hybridized carbons (Fsp3) is 0.381. The number of hydrogen-bond acceptors (Lipinski definition) is 4. The lowest BCUT2D eigenvalue weighted by molar-refractivity contribution is -0.118. The minimum Gasteiger partial charge on any atom is -0.486 e. The van der Waals surface area contributed by atoms with Crippen molar-refractivity contribution in [3.8, 4) is 11.5 Å². The molecule has 0 unspecified atom stereocenters. The summed E-state index contributed by atoms with van der Waals surface area (Å²) in [6, 6.07) is 13.8. The highest BCUT2D eigenvalue weighted by molar-refractivity contribution is 6.31. The average molecular weight is 387 g/mol. The van der Waals surface area contributed by atoms with Crippen molar-refractivity contribution in [3.05, 3.63) is 53.1 Å². The molecule has 1 heterocycles. The van der Waals surface area contributed by atoms with E-state index in [9.17, 15) is 4.79 Å². The zero-order valence-corrected chi connectivity index (χ0v) is 16.0. The van der Waals surface area contributed by atoms with E-state index >= 15 is 0 Å². The van der Waals surface area contributed by atoms with Gasteiger partial charge in [0.05, 0.1) is 6.54 Å². The van der Waals surface area contributed by atoms with Crippen molar-refractivity contribution >= 4 is 23.2 Å². The van der Waals surface area contributed by atoms with Gasteiger partial charge in [-0.25, -0.2) is 0 Å². The van der Waals surface area contributed by atoms with Crippen LogP contribution in [0.4, 0.5) is 5.69 Å². The van der Waals surface area contributed by atoms with Crippen LogP contribution in [-0.2, 0) is 4.79 Å². The Morgan fingerprint density at radius 1 is 1.19 bits per heavy atom. The van der Waals surface area contributed by atoms with E-state index in [2.05, 4.69) is 17.1 Å². The number of carbonyl (C=O) groups is 1. The van der Waals surface area contributed by atoms with Gasteiger partial charge in [-0.3, -0.25) is 9.69 Å². The maximum Gasteiger partial charge on any atom is 0.238 e. The summed E-state index contributed by atoms with van der Waals surface area (Å²) in [7, 11) is 0. The Labute approximate surface area is 164 Å². The molecule has 4 rings (SSSR count). The monoisotopic (exact) mass is 386 g/mol. The van der Waals surface area contributed by atoms with E-state index in [1.54, 1.807) is 0 Å². The number of amides is 1. The maximum atomic E-state index is 12.7. The SMILES string of the molecule is C[C@H](c1ccccc1Cl)N(CC(=O)Nc1ccc2c(c1)OCCO2)C1CC1. The van der Waals surface area contributed by atoms with Crippen LogP contribution < -0.4 is 14.8 Å². The maximum absolute atomic E-state index is 12.7. The van der Waals surface area contributed by atoms with E-state index in [0.29, 0.717) is 43.0 Å². The summed E-state index contributed by atoms with van der Waals surface area (Å²) in [5, 5.41) is 3.72. The molecular weight excluding hydrogens is 364 g/mol. The summed E-state index contributed by atoms with van der Waals surface area (Å²) in [5.41, 5.74) is 1.77. The smallest absolute Gasteiger partial charge is 0.238 e. The number of benzene rings is 2. The number of nitrogens with one attached hydrogen (secondary N) is 1. The lowest BCUT2D eigenvalue weighted by Gasteiger charge is -2.29. The summed E-state index contributed by atoms with van der Waals surface area (Å²) in [6.07, 6.45) is 2.23. The molecule has 1 N–H and O–H groups in total. The Balaban J connectivity index is 1.44. The van der Waals surface area contributed by atoms with E-state index in [1.165, 1.54) is 0 Å². The normalized spacial score (nSPS) is 16.9. The molecule has 2 aromatic carbocycles. The molecule has 0 spiro atoms. The van der Waals surface area contributed by atoms with Gasteiger partial charge in [0.15, 0.2) is 11.5 Å². The number of fused-ring (bicyclic) bond motifs is 1. The van der Waals surface area contributed by atoms with Crippen LogP contribution in [0.2, 0.25) is 5.02 Å². The Kier molecular flexibility index (Phi) is 5.23. The van der Waals surface area contributed by atoms with Gasteiger partial charge in [0, 0.05) is 28.9 Å². The third-order valence-electron chi connectivity index (χ3n) is 5.02. The lowest BCUT2D eigenvalue weighted by atomic mass is 10.1. The number of ether oxygens (including phenoxy) is 2. The van der Waals surface area contributed by atoms with Crippen LogP contribution in [0.3, 0.4) is 0 Å². The van der Waals surface area contributed by atoms with Crippen LogP contribution in [0.15, 0.2) is 42.5 Å². The van der Waals surface area contributed by atoms with E-state index in [-0.39, 0.29) is 11.9 Å². The molecule has 1 saturated carbocycles. The first kappa shape index (κ1) is 18.1. The molecule has 1 amide bonds. The van der Waals surface area contributed by atoms with Crippen LogP contribution in [-0.4, -0.2) is 36.6 Å². The molecule has 27 heavy (non-hydrogen) atoms. The molecule has 1 aliphatic heterocycles. The first-order chi connectivity index (χ1) is 13.1. The summed E-state index contributed by atoms with van der Waals surface area (Å²) < 4.78 is 11.1. The number of nitrogens with zero attached hydrogens (tertiary/aromatic N) is 1. The highest BCUT2D eigenvalue weighted by Gasteiger charge is 2.34. The summed E-state index contributed by atoms with van der Waals surface area (Å²) >= 11 is 6.37. The third-order valence-corrected chi connectivity index (χ3v) is 5.36. The highest BCUT2D eigenvalue weighted by Crippen LogP contribution is 2.36. The molecule has 1 atom stereocenters. The minimum atomic E-state index is -0.0440. The van der Waals surface area contributed by atoms with Gasteiger partial charge in [0.2, 0.25) is 5.91 Å². The predicted molar refractivity (Wildman–Crippen MR) is 106 cm³/mol. The number of halogens is 1. The minimum absolute atomic E-state index is 0.0440. The Morgan fingerprint density at radius 2 is 1.93 bits per heavy atom. The fourth-order valence-corrected chi connectivity index (χ4v) is 3.76. The van der Waals surface area contributed by atoms with Crippen LogP contribution in [0, 0.1) is 0 Å². The molecule has 0 radical (unpaired) electrons. The van der Waals surface area contributed by atoms with Gasteiger partial charge in [0.25, 0.3) is 0 Å². The van der Waals surface area contributed by atoms with E-state index in [0.717, 1.165) is 23.4 Å². The summed E-state index contributed by atoms with van der Waals surface area (Å²) in [4.78, 5) is 14.9. The molecule has 1 fully saturated rings. The highest BCUT2D eigenvalue weighted by atomic mass is 35.5. The number of rotatable bonds is 6. The van der Waals surface area contributed by atoms with Gasteiger partial charge in [-0.2, -0.15) is 0 Å². The summed E-state index contributed by atoms with van der Waals surface area (Å²) in [5.74, 6) is 1.34. The van der Waals surface area contributed by atoms with Crippen molar-refractivity contribution in [2.75, 3.05) is 25.1 Å². The quantitative estimate of drug-likeness (QED) is 0.805. The van der Waals surface area contributed by atoms with Crippen molar-refractivity contribution in [2.24, 2.45) is 0 Å². The Hall–Kier alpha value is -2.24. The van der Waals surface area contributed by atoms with Crippen LogP contribution in [0.5, 0.6) is 11.5 Å². The molecule has 5 nitrogen and oxygen atoms in total. The lowest BCUT2D eigenvalue weighted by Crippen LogP contribution is -2.37. The average Bonchev–Trinajstić information content (AvgIpc) is 3.51. The molecular formula is C21H23ClN2O3. The second-order valence-corrected chi connectivity index (χ2v) is 7.41. The fourth-order valence-electron chi connectivity index (χ4n) is 3.47. The largest absolute Gasteiger partial charge is 0.486 e. The molecule has 2 aliphatic rings. The molecule has 0 saturated heterocycles. The third kappa shape index (κ3) is 4.20. The molecule has 142 valence electrons. The Bertz CT molecular complexity index is 838. The number of carbonyl (C=O) groups excluding carboxylic acids is 1. The Morgan fingerprint density at radius 3 is 2.67 bits per heavy atom. The van der Waals surface area contributed by atoms with Crippen LogP contribution in [0.25, 0.3) is 0 Å². The van der Waals surface area contributed by atoms with Crippen molar-refractivity contribution in [2.45, 2.75) is 31.8 Å². The van der Waals surface area contributed by atoms with E-state index in [1.807, 2.05) is 42.5 Å². The van der Waals surface area contributed by atoms with Crippen molar-refractivity contribution in [1.82, 2.24) is 4.90 Å².